The van der Waals surface area contributed by atoms with Crippen molar-refractivity contribution in [2.75, 3.05) is 6.54 Å². The molecule has 0 aliphatic heterocycles. The first kappa shape index (κ1) is 14.6. The van der Waals surface area contributed by atoms with Crippen LogP contribution in [0, 0.1) is 11.6 Å². The second kappa shape index (κ2) is 5.91. The van der Waals surface area contributed by atoms with Crippen molar-refractivity contribution in [1.29, 1.82) is 0 Å². The number of benzene rings is 1. The summed E-state index contributed by atoms with van der Waals surface area (Å²) in [7, 11) is 0. The van der Waals surface area contributed by atoms with Crippen LogP contribution in [0.2, 0.25) is 0 Å². The van der Waals surface area contributed by atoms with E-state index in [1.165, 1.54) is 6.07 Å². The minimum atomic E-state index is -0.961. The number of aliphatic hydroxyl groups is 1. The number of halogens is 2. The molecule has 0 radical (unpaired) electrons. The first-order valence-electron chi connectivity index (χ1n) is 5.71. The minimum absolute atomic E-state index is 0.156. The predicted octanol–water partition coefficient (Wildman–Crippen LogP) is 1.78. The summed E-state index contributed by atoms with van der Waals surface area (Å²) in [5.41, 5.74) is -0.398. The molecule has 1 aromatic rings. The summed E-state index contributed by atoms with van der Waals surface area (Å²) in [6, 6.07) is 3.57. The number of carbonyl (C=O) groups is 1. The summed E-state index contributed by atoms with van der Waals surface area (Å²) in [5, 5.41) is 12.0. The molecule has 3 nitrogen and oxygen atoms in total. The van der Waals surface area contributed by atoms with E-state index in [2.05, 4.69) is 5.32 Å². The van der Waals surface area contributed by atoms with E-state index in [0.717, 1.165) is 12.1 Å². The predicted molar refractivity (Wildman–Crippen MR) is 64.0 cm³/mol. The third kappa shape index (κ3) is 5.23. The van der Waals surface area contributed by atoms with Gasteiger partial charge in [-0.1, -0.05) is 6.07 Å². The highest BCUT2D eigenvalue weighted by Crippen LogP contribution is 2.10. The number of carbonyl (C=O) groups excluding carboxylic acids is 1. The Balaban J connectivity index is 2.40. The second-order valence-electron chi connectivity index (χ2n) is 4.84. The Morgan fingerprint density at radius 1 is 1.33 bits per heavy atom. The Morgan fingerprint density at radius 2 is 2.00 bits per heavy atom. The van der Waals surface area contributed by atoms with Gasteiger partial charge >= 0.3 is 0 Å². The van der Waals surface area contributed by atoms with Crippen molar-refractivity contribution in [3.05, 3.63) is 35.4 Å². The lowest BCUT2D eigenvalue weighted by Crippen LogP contribution is -2.38. The average molecular weight is 257 g/mol. The van der Waals surface area contributed by atoms with E-state index < -0.39 is 17.2 Å². The lowest BCUT2D eigenvalue weighted by molar-refractivity contribution is -0.122. The fourth-order valence-corrected chi connectivity index (χ4v) is 1.36. The van der Waals surface area contributed by atoms with Gasteiger partial charge in [0, 0.05) is 13.0 Å². The Labute approximate surface area is 105 Å². The zero-order chi connectivity index (χ0) is 13.8. The summed E-state index contributed by atoms with van der Waals surface area (Å²) in [4.78, 5) is 11.4. The van der Waals surface area contributed by atoms with Crippen LogP contribution >= 0.6 is 0 Å². The van der Waals surface area contributed by atoms with E-state index in [9.17, 15) is 18.7 Å². The summed E-state index contributed by atoms with van der Waals surface area (Å²) in [5.74, 6) is -2.04. The molecular formula is C13H17F2NO2. The molecule has 5 heteroatoms. The van der Waals surface area contributed by atoms with E-state index in [0.29, 0.717) is 12.0 Å². The van der Waals surface area contributed by atoms with E-state index in [1.54, 1.807) is 13.8 Å². The smallest absolute Gasteiger partial charge is 0.220 e. The van der Waals surface area contributed by atoms with Gasteiger partial charge in [-0.3, -0.25) is 4.79 Å². The van der Waals surface area contributed by atoms with Crippen molar-refractivity contribution in [1.82, 2.24) is 5.32 Å². The SMILES string of the molecule is CC(C)(O)CNC(=O)CCc1ccc(F)c(F)c1. The van der Waals surface area contributed by atoms with Crippen LogP contribution in [0.1, 0.15) is 25.8 Å². The molecule has 1 aromatic carbocycles. The molecule has 0 saturated heterocycles. The lowest BCUT2D eigenvalue weighted by Gasteiger charge is -2.17. The van der Waals surface area contributed by atoms with Crippen molar-refractivity contribution in [3.63, 3.8) is 0 Å². The first-order chi connectivity index (χ1) is 8.28. The lowest BCUT2D eigenvalue weighted by atomic mass is 10.1. The topological polar surface area (TPSA) is 49.3 Å². The van der Waals surface area contributed by atoms with Gasteiger partial charge < -0.3 is 10.4 Å². The molecule has 0 unspecified atom stereocenters. The molecule has 0 aromatic heterocycles. The average Bonchev–Trinajstić information content (AvgIpc) is 2.27. The van der Waals surface area contributed by atoms with Crippen LogP contribution in [0.5, 0.6) is 0 Å². The van der Waals surface area contributed by atoms with E-state index >= 15 is 0 Å². The number of hydrogen-bond donors (Lipinski definition) is 2. The van der Waals surface area contributed by atoms with Gasteiger partial charge in [0.15, 0.2) is 11.6 Å². The van der Waals surface area contributed by atoms with Gasteiger partial charge in [0.1, 0.15) is 0 Å². The third-order valence-electron chi connectivity index (χ3n) is 2.34. The number of hydrogen-bond acceptors (Lipinski definition) is 2. The number of nitrogens with one attached hydrogen (secondary N) is 1. The summed E-state index contributed by atoms with van der Waals surface area (Å²) in [6.07, 6.45) is 0.496. The number of aryl methyl sites for hydroxylation is 1. The van der Waals surface area contributed by atoms with E-state index in [4.69, 9.17) is 0 Å². The third-order valence-corrected chi connectivity index (χ3v) is 2.34. The summed E-state index contributed by atoms with van der Waals surface area (Å²) < 4.78 is 25.6. The zero-order valence-corrected chi connectivity index (χ0v) is 10.5. The molecule has 0 saturated carbocycles. The Hall–Kier alpha value is -1.49. The Morgan fingerprint density at radius 3 is 2.56 bits per heavy atom. The van der Waals surface area contributed by atoms with Crippen LogP contribution in [0.3, 0.4) is 0 Å². The van der Waals surface area contributed by atoms with Crippen LogP contribution in [0.4, 0.5) is 8.78 Å². The van der Waals surface area contributed by atoms with Crippen LogP contribution in [-0.4, -0.2) is 23.2 Å². The maximum atomic E-state index is 12.9. The van der Waals surface area contributed by atoms with Crippen molar-refractivity contribution in [2.24, 2.45) is 0 Å². The Kier molecular flexibility index (Phi) is 4.78. The van der Waals surface area contributed by atoms with Gasteiger partial charge in [0.2, 0.25) is 5.91 Å². The number of amides is 1. The molecule has 2 N–H and O–H groups in total. The molecule has 0 fully saturated rings. The van der Waals surface area contributed by atoms with Crippen LogP contribution in [0.15, 0.2) is 18.2 Å². The van der Waals surface area contributed by atoms with E-state index in [1.807, 2.05) is 0 Å². The highest BCUT2D eigenvalue weighted by molar-refractivity contribution is 5.76. The molecule has 1 amide bonds. The van der Waals surface area contributed by atoms with Gasteiger partial charge in [-0.2, -0.15) is 0 Å². The molecule has 0 bridgehead atoms. The molecule has 18 heavy (non-hydrogen) atoms. The fourth-order valence-electron chi connectivity index (χ4n) is 1.36. The quantitative estimate of drug-likeness (QED) is 0.844. The molecule has 0 aliphatic carbocycles. The van der Waals surface area contributed by atoms with Gasteiger partial charge in [-0.15, -0.1) is 0 Å². The summed E-state index contributed by atoms with van der Waals surface area (Å²) in [6.45, 7) is 3.33. The first-order valence-corrected chi connectivity index (χ1v) is 5.71. The normalized spacial score (nSPS) is 11.4. The molecule has 0 atom stereocenters. The van der Waals surface area contributed by atoms with E-state index in [-0.39, 0.29) is 18.9 Å². The molecule has 0 aliphatic rings. The highest BCUT2D eigenvalue weighted by Gasteiger charge is 2.13. The number of rotatable bonds is 5. The standard InChI is InChI=1S/C13H17F2NO2/c1-13(2,18)8-16-12(17)6-4-9-3-5-10(14)11(15)7-9/h3,5,7,18H,4,6,8H2,1-2H3,(H,16,17). The maximum absolute atomic E-state index is 12.9. The van der Waals surface area contributed by atoms with Gasteiger partial charge in [0.25, 0.3) is 0 Å². The van der Waals surface area contributed by atoms with Crippen molar-refractivity contribution < 1.29 is 18.7 Å². The van der Waals surface area contributed by atoms with Crippen LogP contribution in [0.25, 0.3) is 0 Å². The maximum Gasteiger partial charge on any atom is 0.220 e. The van der Waals surface area contributed by atoms with Crippen molar-refractivity contribution in [2.45, 2.75) is 32.3 Å². The second-order valence-corrected chi connectivity index (χ2v) is 4.84. The van der Waals surface area contributed by atoms with Crippen molar-refractivity contribution in [3.8, 4) is 0 Å². The monoisotopic (exact) mass is 257 g/mol. The molecule has 0 spiro atoms. The molecule has 100 valence electrons. The van der Waals surface area contributed by atoms with Crippen molar-refractivity contribution >= 4 is 5.91 Å². The van der Waals surface area contributed by atoms with Crippen LogP contribution < -0.4 is 5.32 Å². The zero-order valence-electron chi connectivity index (χ0n) is 10.5. The van der Waals surface area contributed by atoms with Crippen LogP contribution in [-0.2, 0) is 11.2 Å². The molecule has 1 rings (SSSR count). The highest BCUT2D eigenvalue weighted by atomic mass is 19.2. The van der Waals surface area contributed by atoms with Gasteiger partial charge in [-0.05, 0) is 38.0 Å². The van der Waals surface area contributed by atoms with Gasteiger partial charge in [0.05, 0.1) is 5.60 Å². The largest absolute Gasteiger partial charge is 0.389 e. The Bertz CT molecular complexity index is 427. The molecular weight excluding hydrogens is 240 g/mol. The minimum Gasteiger partial charge on any atom is -0.389 e. The fraction of sp³-hybridized carbons (Fsp3) is 0.462. The summed E-state index contributed by atoms with van der Waals surface area (Å²) >= 11 is 0. The van der Waals surface area contributed by atoms with Gasteiger partial charge in [-0.25, -0.2) is 8.78 Å². The molecule has 0 heterocycles.